The Morgan fingerprint density at radius 3 is 2.71 bits per heavy atom. The SMILES string of the molecule is CN(C)CCOc1cc(C(F)F)sc1C(=O)O. The van der Waals surface area contributed by atoms with Gasteiger partial charge in [0, 0.05) is 12.6 Å². The number of carbonyl (C=O) groups is 1. The molecular weight excluding hydrogens is 252 g/mol. The maximum Gasteiger partial charge on any atom is 0.349 e. The fraction of sp³-hybridized carbons (Fsp3) is 0.500. The van der Waals surface area contributed by atoms with Gasteiger partial charge in [-0.05, 0) is 14.1 Å². The molecule has 0 aliphatic carbocycles. The topological polar surface area (TPSA) is 49.8 Å². The number of halogens is 2. The molecule has 0 aliphatic heterocycles. The number of likely N-dealkylation sites (N-methyl/N-ethyl adjacent to an activating group) is 1. The summed E-state index contributed by atoms with van der Waals surface area (Å²) in [4.78, 5) is 12.2. The number of hydrogen-bond acceptors (Lipinski definition) is 4. The molecule has 17 heavy (non-hydrogen) atoms. The van der Waals surface area contributed by atoms with Crippen molar-refractivity contribution in [3.8, 4) is 5.75 Å². The van der Waals surface area contributed by atoms with E-state index in [1.165, 1.54) is 0 Å². The summed E-state index contributed by atoms with van der Waals surface area (Å²) in [5.74, 6) is -1.23. The van der Waals surface area contributed by atoms with E-state index < -0.39 is 12.4 Å². The van der Waals surface area contributed by atoms with Gasteiger partial charge in [-0.2, -0.15) is 0 Å². The van der Waals surface area contributed by atoms with Crippen LogP contribution in [0.5, 0.6) is 5.75 Å². The number of hydrogen-bond donors (Lipinski definition) is 1. The summed E-state index contributed by atoms with van der Waals surface area (Å²) in [5.41, 5.74) is 0. The Kier molecular flexibility index (Phi) is 4.83. The zero-order valence-electron chi connectivity index (χ0n) is 9.44. The van der Waals surface area contributed by atoms with Crippen LogP contribution in [0.1, 0.15) is 21.0 Å². The summed E-state index contributed by atoms with van der Waals surface area (Å²) in [6.45, 7) is 0.839. The van der Waals surface area contributed by atoms with Crippen molar-refractivity contribution in [1.29, 1.82) is 0 Å². The summed E-state index contributed by atoms with van der Waals surface area (Å²) in [6, 6.07) is 1.09. The summed E-state index contributed by atoms with van der Waals surface area (Å²) in [5, 5.41) is 8.84. The van der Waals surface area contributed by atoms with Gasteiger partial charge in [-0.1, -0.05) is 0 Å². The number of rotatable bonds is 6. The number of thiophene rings is 1. The third-order valence-electron chi connectivity index (χ3n) is 1.92. The van der Waals surface area contributed by atoms with Crippen LogP contribution in [0.4, 0.5) is 8.78 Å². The largest absolute Gasteiger partial charge is 0.490 e. The zero-order valence-corrected chi connectivity index (χ0v) is 10.3. The molecule has 1 N–H and O–H groups in total. The molecule has 0 atom stereocenters. The van der Waals surface area contributed by atoms with Gasteiger partial charge in [-0.3, -0.25) is 0 Å². The lowest BCUT2D eigenvalue weighted by molar-refractivity contribution is 0.0697. The Morgan fingerprint density at radius 1 is 1.59 bits per heavy atom. The van der Waals surface area contributed by atoms with Crippen LogP contribution in [0.15, 0.2) is 6.07 Å². The van der Waals surface area contributed by atoms with Gasteiger partial charge in [0.15, 0.2) is 4.88 Å². The number of alkyl halides is 2. The summed E-state index contributed by atoms with van der Waals surface area (Å²) >= 11 is 0.546. The molecule has 0 fully saturated rings. The molecule has 1 aromatic rings. The third-order valence-corrected chi connectivity index (χ3v) is 3.03. The van der Waals surface area contributed by atoms with E-state index >= 15 is 0 Å². The van der Waals surface area contributed by atoms with Crippen LogP contribution in [-0.4, -0.2) is 43.2 Å². The van der Waals surface area contributed by atoms with Crippen molar-refractivity contribution < 1.29 is 23.4 Å². The first kappa shape index (κ1) is 13.9. The predicted octanol–water partition coefficient (Wildman–Crippen LogP) is 2.32. The maximum absolute atomic E-state index is 12.4. The van der Waals surface area contributed by atoms with E-state index in [1.807, 2.05) is 19.0 Å². The van der Waals surface area contributed by atoms with Crippen LogP contribution in [0, 0.1) is 0 Å². The Bertz CT molecular complexity index is 393. The average molecular weight is 265 g/mol. The Labute approximate surface area is 101 Å². The van der Waals surface area contributed by atoms with Gasteiger partial charge in [-0.25, -0.2) is 13.6 Å². The monoisotopic (exact) mass is 265 g/mol. The van der Waals surface area contributed by atoms with Crippen molar-refractivity contribution in [2.24, 2.45) is 0 Å². The smallest absolute Gasteiger partial charge is 0.349 e. The summed E-state index contributed by atoms with van der Waals surface area (Å²) < 4.78 is 30.1. The van der Waals surface area contributed by atoms with Crippen LogP contribution < -0.4 is 4.74 Å². The van der Waals surface area contributed by atoms with E-state index in [-0.39, 0.29) is 22.1 Å². The first-order valence-electron chi connectivity index (χ1n) is 4.84. The van der Waals surface area contributed by atoms with Gasteiger partial charge in [0.05, 0.1) is 4.88 Å². The molecule has 0 saturated heterocycles. The molecule has 0 saturated carbocycles. The lowest BCUT2D eigenvalue weighted by atomic mass is 10.4. The highest BCUT2D eigenvalue weighted by Crippen LogP contribution is 2.35. The molecule has 4 nitrogen and oxygen atoms in total. The van der Waals surface area contributed by atoms with Gasteiger partial charge in [-0.15, -0.1) is 11.3 Å². The number of carboxylic acid groups (broad SMARTS) is 1. The molecule has 0 unspecified atom stereocenters. The molecule has 7 heteroatoms. The van der Waals surface area contributed by atoms with Gasteiger partial charge in [0.2, 0.25) is 0 Å². The molecule has 96 valence electrons. The fourth-order valence-electron chi connectivity index (χ4n) is 1.09. The Balaban J connectivity index is 2.78. The maximum atomic E-state index is 12.4. The average Bonchev–Trinajstić information content (AvgIpc) is 2.61. The molecule has 0 amide bonds. The van der Waals surface area contributed by atoms with Crippen molar-refractivity contribution in [1.82, 2.24) is 4.90 Å². The van der Waals surface area contributed by atoms with Gasteiger partial charge >= 0.3 is 5.97 Å². The number of aromatic carboxylic acids is 1. The number of nitrogens with zero attached hydrogens (tertiary/aromatic N) is 1. The highest BCUT2D eigenvalue weighted by atomic mass is 32.1. The van der Waals surface area contributed by atoms with E-state index in [4.69, 9.17) is 9.84 Å². The second-order valence-corrected chi connectivity index (χ2v) is 4.68. The molecule has 1 rings (SSSR count). The second kappa shape index (κ2) is 5.92. The second-order valence-electron chi connectivity index (χ2n) is 3.60. The van der Waals surface area contributed by atoms with Gasteiger partial charge < -0.3 is 14.7 Å². The quantitative estimate of drug-likeness (QED) is 0.857. The van der Waals surface area contributed by atoms with Crippen LogP contribution in [0.3, 0.4) is 0 Å². The zero-order chi connectivity index (χ0) is 13.0. The minimum absolute atomic E-state index is 0.0136. The van der Waals surface area contributed by atoms with E-state index in [0.29, 0.717) is 17.9 Å². The van der Waals surface area contributed by atoms with Crippen molar-refractivity contribution in [3.05, 3.63) is 15.8 Å². The molecule has 0 aliphatic rings. The van der Waals surface area contributed by atoms with Crippen LogP contribution in [0.25, 0.3) is 0 Å². The van der Waals surface area contributed by atoms with Crippen molar-refractivity contribution in [2.75, 3.05) is 27.2 Å². The third kappa shape index (κ3) is 3.94. The van der Waals surface area contributed by atoms with E-state index in [2.05, 4.69) is 0 Å². The normalized spacial score (nSPS) is 11.2. The molecule has 1 aromatic heterocycles. The van der Waals surface area contributed by atoms with Crippen LogP contribution in [0.2, 0.25) is 0 Å². The standard InChI is InChI=1S/C10H13F2NO3S/c1-13(2)3-4-16-6-5-7(9(11)12)17-8(6)10(14)15/h5,9H,3-4H2,1-2H3,(H,14,15). The fourth-order valence-corrected chi connectivity index (χ4v) is 1.89. The van der Waals surface area contributed by atoms with Gasteiger partial charge in [0.25, 0.3) is 6.43 Å². The molecule has 1 heterocycles. The summed E-state index contributed by atoms with van der Waals surface area (Å²) in [7, 11) is 3.67. The van der Waals surface area contributed by atoms with Crippen molar-refractivity contribution in [3.63, 3.8) is 0 Å². The molecular formula is C10H13F2NO3S. The van der Waals surface area contributed by atoms with Crippen LogP contribution in [-0.2, 0) is 0 Å². The minimum Gasteiger partial charge on any atom is -0.490 e. The molecule has 0 bridgehead atoms. The summed E-state index contributed by atoms with van der Waals surface area (Å²) in [6.07, 6.45) is -2.68. The predicted molar refractivity (Wildman–Crippen MR) is 60.3 cm³/mol. The lowest BCUT2D eigenvalue weighted by Gasteiger charge is -2.10. The molecule has 0 aromatic carbocycles. The van der Waals surface area contributed by atoms with E-state index in [1.54, 1.807) is 0 Å². The van der Waals surface area contributed by atoms with E-state index in [9.17, 15) is 13.6 Å². The molecule has 0 spiro atoms. The highest BCUT2D eigenvalue weighted by Gasteiger charge is 2.21. The first-order valence-corrected chi connectivity index (χ1v) is 5.66. The minimum atomic E-state index is -2.68. The number of carboxylic acids is 1. The Morgan fingerprint density at radius 2 is 2.24 bits per heavy atom. The van der Waals surface area contributed by atoms with Crippen LogP contribution >= 0.6 is 11.3 Å². The van der Waals surface area contributed by atoms with Crippen molar-refractivity contribution >= 4 is 17.3 Å². The first-order chi connectivity index (χ1) is 7.91. The van der Waals surface area contributed by atoms with Crippen molar-refractivity contribution in [2.45, 2.75) is 6.43 Å². The Hall–Kier alpha value is -1.21. The highest BCUT2D eigenvalue weighted by molar-refractivity contribution is 7.14. The molecule has 0 radical (unpaired) electrons. The van der Waals surface area contributed by atoms with E-state index in [0.717, 1.165) is 6.07 Å². The van der Waals surface area contributed by atoms with Gasteiger partial charge in [0.1, 0.15) is 12.4 Å². The number of ether oxygens (including phenoxy) is 1. The lowest BCUT2D eigenvalue weighted by Crippen LogP contribution is -2.19.